The van der Waals surface area contributed by atoms with E-state index in [9.17, 15) is 22.8 Å². The standard InChI is InChI=1S/C18H19F3N6O2/c1-10-12(8-24-27-10)17(29)23-9-15-25-13-3-2-11(6-14(13)26-15)7-22-16(28)4-5-18(19,20)21/h2-3,6,8H,4-5,7,9H2,1H3,(H,22,28)(H,23,29)(H,24,27)(H,25,26). The number of H-pyrrole nitrogens is 2. The predicted molar refractivity (Wildman–Crippen MR) is 97.7 cm³/mol. The van der Waals surface area contributed by atoms with Crippen molar-refractivity contribution in [3.63, 3.8) is 0 Å². The average molecular weight is 408 g/mol. The minimum Gasteiger partial charge on any atom is -0.352 e. The van der Waals surface area contributed by atoms with Crippen molar-refractivity contribution in [2.45, 2.75) is 39.0 Å². The van der Waals surface area contributed by atoms with Gasteiger partial charge in [0.25, 0.3) is 5.91 Å². The first-order valence-electron chi connectivity index (χ1n) is 8.80. The molecule has 8 nitrogen and oxygen atoms in total. The first-order valence-corrected chi connectivity index (χ1v) is 8.80. The molecule has 0 unspecified atom stereocenters. The molecule has 3 aromatic rings. The lowest BCUT2D eigenvalue weighted by Gasteiger charge is -2.07. The third-order valence-electron chi connectivity index (χ3n) is 4.21. The Labute approximate surface area is 163 Å². The second-order valence-electron chi connectivity index (χ2n) is 6.52. The molecule has 0 aliphatic rings. The van der Waals surface area contributed by atoms with Gasteiger partial charge in [0.1, 0.15) is 5.82 Å². The summed E-state index contributed by atoms with van der Waals surface area (Å²) >= 11 is 0. The summed E-state index contributed by atoms with van der Waals surface area (Å²) in [7, 11) is 0. The number of aryl methyl sites for hydroxylation is 1. The highest BCUT2D eigenvalue weighted by molar-refractivity contribution is 5.94. The zero-order chi connectivity index (χ0) is 21.0. The molecule has 4 N–H and O–H groups in total. The van der Waals surface area contributed by atoms with E-state index in [0.29, 0.717) is 33.7 Å². The summed E-state index contributed by atoms with van der Waals surface area (Å²) in [6.07, 6.45) is -4.66. The van der Waals surface area contributed by atoms with E-state index in [0.717, 1.165) is 0 Å². The van der Waals surface area contributed by atoms with E-state index in [-0.39, 0.29) is 19.0 Å². The van der Waals surface area contributed by atoms with Crippen molar-refractivity contribution >= 4 is 22.8 Å². The van der Waals surface area contributed by atoms with Gasteiger partial charge in [-0.2, -0.15) is 18.3 Å². The summed E-state index contributed by atoms with van der Waals surface area (Å²) in [5.74, 6) is -0.398. The number of carbonyl (C=O) groups excluding carboxylic acids is 2. The molecule has 154 valence electrons. The Hall–Kier alpha value is -3.37. The molecule has 0 aliphatic heterocycles. The quantitative estimate of drug-likeness (QED) is 0.481. The second-order valence-corrected chi connectivity index (χ2v) is 6.52. The molecule has 2 heterocycles. The fourth-order valence-corrected chi connectivity index (χ4v) is 2.69. The fraction of sp³-hybridized carbons (Fsp3) is 0.333. The molecule has 0 atom stereocenters. The summed E-state index contributed by atoms with van der Waals surface area (Å²) in [5, 5.41) is 11.7. The van der Waals surface area contributed by atoms with Crippen LogP contribution < -0.4 is 10.6 Å². The normalized spacial score (nSPS) is 11.6. The number of rotatable bonds is 7. The predicted octanol–water partition coefficient (Wildman–Crippen LogP) is 2.48. The van der Waals surface area contributed by atoms with Crippen LogP contribution in [0.5, 0.6) is 0 Å². The van der Waals surface area contributed by atoms with Crippen molar-refractivity contribution in [1.82, 2.24) is 30.8 Å². The number of hydrogen-bond donors (Lipinski definition) is 4. The summed E-state index contributed by atoms with van der Waals surface area (Å²) < 4.78 is 36.4. The largest absolute Gasteiger partial charge is 0.389 e. The number of nitrogens with one attached hydrogen (secondary N) is 4. The van der Waals surface area contributed by atoms with Crippen LogP contribution in [0.2, 0.25) is 0 Å². The lowest BCUT2D eigenvalue weighted by molar-refractivity contribution is -0.144. The molecule has 1 aromatic carbocycles. The highest BCUT2D eigenvalue weighted by atomic mass is 19.4. The number of fused-ring (bicyclic) bond motifs is 1. The van der Waals surface area contributed by atoms with Crippen LogP contribution in [0.15, 0.2) is 24.4 Å². The smallest absolute Gasteiger partial charge is 0.352 e. The van der Waals surface area contributed by atoms with Crippen molar-refractivity contribution in [2.75, 3.05) is 0 Å². The zero-order valence-corrected chi connectivity index (χ0v) is 15.5. The SMILES string of the molecule is Cc1[nH]ncc1C(=O)NCc1nc2ccc(CNC(=O)CCC(F)(F)F)cc2[nH]1. The molecule has 0 spiro atoms. The van der Waals surface area contributed by atoms with E-state index in [1.165, 1.54) is 6.20 Å². The van der Waals surface area contributed by atoms with Crippen LogP contribution in [-0.2, 0) is 17.9 Å². The van der Waals surface area contributed by atoms with Gasteiger partial charge in [-0.1, -0.05) is 6.07 Å². The Bertz CT molecular complexity index is 1020. The summed E-state index contributed by atoms with van der Waals surface area (Å²) in [4.78, 5) is 31.1. The van der Waals surface area contributed by atoms with Gasteiger partial charge in [-0.25, -0.2) is 4.98 Å². The maximum absolute atomic E-state index is 12.1. The summed E-state index contributed by atoms with van der Waals surface area (Å²) in [6, 6.07) is 5.21. The number of aromatic nitrogens is 4. The summed E-state index contributed by atoms with van der Waals surface area (Å²) in [6.45, 7) is 2.03. The van der Waals surface area contributed by atoms with Gasteiger partial charge in [0.05, 0.1) is 35.8 Å². The third-order valence-corrected chi connectivity index (χ3v) is 4.21. The Morgan fingerprint density at radius 1 is 1.17 bits per heavy atom. The van der Waals surface area contributed by atoms with E-state index in [1.807, 2.05) is 0 Å². The van der Waals surface area contributed by atoms with Gasteiger partial charge in [0.15, 0.2) is 0 Å². The average Bonchev–Trinajstić information content (AvgIpc) is 3.27. The number of carbonyl (C=O) groups is 2. The van der Waals surface area contributed by atoms with Crippen molar-refractivity contribution in [3.05, 3.63) is 47.0 Å². The highest BCUT2D eigenvalue weighted by Gasteiger charge is 2.27. The van der Waals surface area contributed by atoms with E-state index in [4.69, 9.17) is 0 Å². The molecule has 0 bridgehead atoms. The Morgan fingerprint density at radius 3 is 2.66 bits per heavy atom. The molecule has 0 aliphatic carbocycles. The van der Waals surface area contributed by atoms with Gasteiger partial charge in [0, 0.05) is 18.7 Å². The Balaban J connectivity index is 1.56. The number of amides is 2. The van der Waals surface area contributed by atoms with Gasteiger partial charge in [-0.15, -0.1) is 0 Å². The van der Waals surface area contributed by atoms with E-state index in [1.54, 1.807) is 25.1 Å². The number of nitrogens with zero attached hydrogens (tertiary/aromatic N) is 2. The minimum absolute atomic E-state index is 0.109. The maximum atomic E-state index is 12.1. The molecule has 0 saturated carbocycles. The van der Waals surface area contributed by atoms with Gasteiger partial charge in [-0.05, 0) is 24.6 Å². The van der Waals surface area contributed by atoms with Crippen LogP contribution in [0.4, 0.5) is 13.2 Å². The number of alkyl halides is 3. The Kier molecular flexibility index (Phi) is 5.85. The number of hydrogen-bond acceptors (Lipinski definition) is 4. The van der Waals surface area contributed by atoms with Crippen molar-refractivity contribution in [2.24, 2.45) is 0 Å². The molecule has 0 saturated heterocycles. The lowest BCUT2D eigenvalue weighted by atomic mass is 10.2. The van der Waals surface area contributed by atoms with E-state index in [2.05, 4.69) is 30.8 Å². The van der Waals surface area contributed by atoms with Crippen molar-refractivity contribution < 1.29 is 22.8 Å². The second kappa shape index (κ2) is 8.33. The Morgan fingerprint density at radius 2 is 1.97 bits per heavy atom. The molecule has 3 rings (SSSR count). The van der Waals surface area contributed by atoms with Crippen molar-refractivity contribution in [3.8, 4) is 0 Å². The molecule has 0 fully saturated rings. The van der Waals surface area contributed by atoms with Crippen LogP contribution in [-0.4, -0.2) is 38.2 Å². The number of aromatic amines is 2. The van der Waals surface area contributed by atoms with Gasteiger partial charge in [-0.3, -0.25) is 14.7 Å². The molecule has 2 aromatic heterocycles. The first kappa shape index (κ1) is 20.4. The maximum Gasteiger partial charge on any atom is 0.389 e. The third kappa shape index (κ3) is 5.56. The molecule has 0 radical (unpaired) electrons. The van der Waals surface area contributed by atoms with Crippen molar-refractivity contribution in [1.29, 1.82) is 0 Å². The van der Waals surface area contributed by atoms with Gasteiger partial charge in [0.2, 0.25) is 5.91 Å². The number of imidazole rings is 1. The van der Waals surface area contributed by atoms with Gasteiger partial charge < -0.3 is 15.6 Å². The van der Waals surface area contributed by atoms with Crippen LogP contribution in [0.3, 0.4) is 0 Å². The van der Waals surface area contributed by atoms with E-state index >= 15 is 0 Å². The topological polar surface area (TPSA) is 116 Å². The highest BCUT2D eigenvalue weighted by Crippen LogP contribution is 2.21. The fourth-order valence-electron chi connectivity index (χ4n) is 2.69. The molecule has 2 amide bonds. The number of halogens is 3. The monoisotopic (exact) mass is 408 g/mol. The van der Waals surface area contributed by atoms with Crippen LogP contribution in [0.25, 0.3) is 11.0 Å². The molecule has 29 heavy (non-hydrogen) atoms. The molecular formula is C18H19F3N6O2. The summed E-state index contributed by atoms with van der Waals surface area (Å²) in [5.41, 5.74) is 3.18. The van der Waals surface area contributed by atoms with Crippen LogP contribution >= 0.6 is 0 Å². The van der Waals surface area contributed by atoms with Crippen LogP contribution in [0, 0.1) is 6.92 Å². The number of benzene rings is 1. The lowest BCUT2D eigenvalue weighted by Crippen LogP contribution is -2.24. The minimum atomic E-state index is -4.35. The van der Waals surface area contributed by atoms with E-state index < -0.39 is 24.9 Å². The van der Waals surface area contributed by atoms with Crippen LogP contribution in [0.1, 0.15) is 40.3 Å². The zero-order valence-electron chi connectivity index (χ0n) is 15.5. The first-order chi connectivity index (χ1) is 13.7. The molecular weight excluding hydrogens is 389 g/mol. The van der Waals surface area contributed by atoms with Gasteiger partial charge >= 0.3 is 6.18 Å². The molecule has 11 heteroatoms.